The Morgan fingerprint density at radius 2 is 2.00 bits per heavy atom. The first kappa shape index (κ1) is 12.9. The van der Waals surface area contributed by atoms with E-state index in [-0.39, 0.29) is 0 Å². The Kier molecular flexibility index (Phi) is 2.99. The van der Waals surface area contributed by atoms with Gasteiger partial charge in [0.2, 0.25) is 0 Å². The molecule has 0 aromatic rings. The summed E-state index contributed by atoms with van der Waals surface area (Å²) in [6.45, 7) is 5.44. The van der Waals surface area contributed by atoms with E-state index < -0.39 is 0 Å². The summed E-state index contributed by atoms with van der Waals surface area (Å²) in [5, 5.41) is 0. The van der Waals surface area contributed by atoms with Crippen molar-refractivity contribution in [3.8, 4) is 0 Å². The number of hydrogen-bond donors (Lipinski definition) is 1. The van der Waals surface area contributed by atoms with Gasteiger partial charge in [0.15, 0.2) is 5.96 Å². The van der Waals surface area contributed by atoms with E-state index in [1.54, 1.807) is 0 Å². The van der Waals surface area contributed by atoms with Crippen LogP contribution >= 0.6 is 0 Å². The molecule has 0 bridgehead atoms. The van der Waals surface area contributed by atoms with Gasteiger partial charge in [-0.1, -0.05) is 13.3 Å². The van der Waals surface area contributed by atoms with Gasteiger partial charge in [0.25, 0.3) is 0 Å². The molecule has 2 aliphatic heterocycles. The van der Waals surface area contributed by atoms with Crippen molar-refractivity contribution in [2.45, 2.75) is 57.6 Å². The molecule has 0 radical (unpaired) electrons. The van der Waals surface area contributed by atoms with Crippen molar-refractivity contribution in [2.75, 3.05) is 19.7 Å². The molecule has 0 aromatic heterocycles. The summed E-state index contributed by atoms with van der Waals surface area (Å²) in [7, 11) is 0. The number of aliphatic imine (C=N–C) groups is 1. The van der Waals surface area contributed by atoms with Crippen molar-refractivity contribution < 1.29 is 4.74 Å². The fraction of sp³-hybridized carbons (Fsp3) is 0.938. The number of fused-ring (bicyclic) bond motifs is 2. The van der Waals surface area contributed by atoms with Crippen molar-refractivity contribution >= 4 is 5.96 Å². The molecule has 3 atom stereocenters. The molecule has 1 spiro atoms. The van der Waals surface area contributed by atoms with Gasteiger partial charge < -0.3 is 15.4 Å². The molecule has 3 unspecified atom stereocenters. The fourth-order valence-electron chi connectivity index (χ4n) is 4.85. The third-order valence-electron chi connectivity index (χ3n) is 6.36. The zero-order chi connectivity index (χ0) is 13.7. The van der Waals surface area contributed by atoms with Crippen molar-refractivity contribution in [1.29, 1.82) is 0 Å². The molecule has 4 nitrogen and oxygen atoms in total. The highest BCUT2D eigenvalue weighted by Crippen LogP contribution is 2.64. The highest BCUT2D eigenvalue weighted by molar-refractivity contribution is 5.78. The predicted octanol–water partition coefficient (Wildman–Crippen LogP) is 1.99. The highest BCUT2D eigenvalue weighted by atomic mass is 16.5. The molecule has 4 aliphatic rings. The maximum Gasteiger partial charge on any atom is 0.191 e. The van der Waals surface area contributed by atoms with E-state index in [2.05, 4.69) is 11.8 Å². The standard InChI is InChI=1S/C16H27N3O/c1-11-3-8-19(9-4-11)15(17)18-13-12-5-10-20-14(12)16(13)6-2-7-16/h11-14H,2-10H2,1H3,(H2,17,18). The molecular formula is C16H27N3O. The first-order valence-electron chi connectivity index (χ1n) is 8.40. The molecule has 112 valence electrons. The van der Waals surface area contributed by atoms with E-state index in [1.807, 2.05) is 0 Å². The van der Waals surface area contributed by atoms with Crippen LogP contribution in [-0.2, 0) is 4.74 Å². The largest absolute Gasteiger partial charge is 0.377 e. The van der Waals surface area contributed by atoms with Crippen molar-refractivity contribution in [3.05, 3.63) is 0 Å². The van der Waals surface area contributed by atoms with Crippen LogP contribution in [0.5, 0.6) is 0 Å². The summed E-state index contributed by atoms with van der Waals surface area (Å²) < 4.78 is 5.96. The Morgan fingerprint density at radius 1 is 1.25 bits per heavy atom. The lowest BCUT2D eigenvalue weighted by atomic mass is 9.46. The van der Waals surface area contributed by atoms with Crippen LogP contribution < -0.4 is 5.73 Å². The number of guanidine groups is 1. The van der Waals surface area contributed by atoms with Crippen LogP contribution in [-0.4, -0.2) is 42.7 Å². The Bertz CT molecular complexity index is 410. The second-order valence-corrected chi connectivity index (χ2v) is 7.43. The molecule has 2 heterocycles. The Balaban J connectivity index is 1.48. The van der Waals surface area contributed by atoms with E-state index in [4.69, 9.17) is 15.5 Å². The molecular weight excluding hydrogens is 250 g/mol. The van der Waals surface area contributed by atoms with E-state index in [0.717, 1.165) is 31.6 Å². The summed E-state index contributed by atoms with van der Waals surface area (Å²) in [5.41, 5.74) is 6.69. The monoisotopic (exact) mass is 277 g/mol. The second kappa shape index (κ2) is 4.62. The van der Waals surface area contributed by atoms with E-state index >= 15 is 0 Å². The maximum absolute atomic E-state index is 6.32. The lowest BCUT2D eigenvalue weighted by Crippen LogP contribution is -2.66. The number of rotatable bonds is 1. The molecule has 0 amide bonds. The molecule has 2 aliphatic carbocycles. The minimum absolute atomic E-state index is 0.370. The number of ether oxygens (including phenoxy) is 1. The SMILES string of the molecule is CC1CCN(C(N)=NC2C3CCOC3C23CCC3)CC1. The molecule has 4 fully saturated rings. The van der Waals surface area contributed by atoms with Gasteiger partial charge in [-0.15, -0.1) is 0 Å². The molecule has 2 saturated carbocycles. The van der Waals surface area contributed by atoms with Gasteiger partial charge in [-0.3, -0.25) is 0 Å². The number of nitrogens with zero attached hydrogens (tertiary/aromatic N) is 2. The van der Waals surface area contributed by atoms with Crippen LogP contribution in [0.15, 0.2) is 4.99 Å². The zero-order valence-electron chi connectivity index (χ0n) is 12.6. The summed E-state index contributed by atoms with van der Waals surface area (Å²) in [5.74, 6) is 2.30. The third kappa shape index (κ3) is 1.73. The average molecular weight is 277 g/mol. The van der Waals surface area contributed by atoms with Crippen LogP contribution in [0.3, 0.4) is 0 Å². The lowest BCUT2D eigenvalue weighted by molar-refractivity contribution is -0.164. The Morgan fingerprint density at radius 3 is 2.65 bits per heavy atom. The lowest BCUT2D eigenvalue weighted by Gasteiger charge is -2.61. The second-order valence-electron chi connectivity index (χ2n) is 7.43. The first-order chi connectivity index (χ1) is 9.71. The van der Waals surface area contributed by atoms with Crippen molar-refractivity contribution in [1.82, 2.24) is 4.90 Å². The summed E-state index contributed by atoms with van der Waals surface area (Å²) in [6.07, 6.45) is 8.13. The maximum atomic E-state index is 6.32. The predicted molar refractivity (Wildman–Crippen MR) is 79.5 cm³/mol. The zero-order valence-corrected chi connectivity index (χ0v) is 12.6. The molecule has 4 heteroatoms. The van der Waals surface area contributed by atoms with Gasteiger partial charge >= 0.3 is 0 Å². The topological polar surface area (TPSA) is 50.8 Å². The molecule has 2 saturated heterocycles. The highest BCUT2D eigenvalue weighted by Gasteiger charge is 2.66. The van der Waals surface area contributed by atoms with Gasteiger partial charge in [0.1, 0.15) is 0 Å². The Labute approximate surface area is 121 Å². The van der Waals surface area contributed by atoms with Gasteiger partial charge in [-0.25, -0.2) is 4.99 Å². The van der Waals surface area contributed by atoms with Gasteiger partial charge in [0, 0.05) is 31.0 Å². The normalized spacial score (nSPS) is 40.4. The van der Waals surface area contributed by atoms with Crippen molar-refractivity contribution in [3.63, 3.8) is 0 Å². The van der Waals surface area contributed by atoms with Crippen LogP contribution in [0.25, 0.3) is 0 Å². The number of nitrogens with two attached hydrogens (primary N) is 1. The third-order valence-corrected chi connectivity index (χ3v) is 6.36. The molecule has 20 heavy (non-hydrogen) atoms. The van der Waals surface area contributed by atoms with Crippen LogP contribution in [0.4, 0.5) is 0 Å². The summed E-state index contributed by atoms with van der Waals surface area (Å²) in [6, 6.07) is 0.447. The summed E-state index contributed by atoms with van der Waals surface area (Å²) in [4.78, 5) is 7.29. The van der Waals surface area contributed by atoms with E-state index in [9.17, 15) is 0 Å². The van der Waals surface area contributed by atoms with E-state index in [1.165, 1.54) is 38.5 Å². The van der Waals surface area contributed by atoms with Gasteiger partial charge in [-0.05, 0) is 38.0 Å². The van der Waals surface area contributed by atoms with Crippen molar-refractivity contribution in [2.24, 2.45) is 28.0 Å². The van der Waals surface area contributed by atoms with Crippen LogP contribution in [0.1, 0.15) is 45.4 Å². The Hall–Kier alpha value is -0.770. The smallest absolute Gasteiger partial charge is 0.191 e. The number of hydrogen-bond acceptors (Lipinski definition) is 2. The molecule has 4 rings (SSSR count). The molecule has 0 aromatic carbocycles. The minimum atomic E-state index is 0.370. The fourth-order valence-corrected chi connectivity index (χ4v) is 4.85. The average Bonchev–Trinajstić information content (AvgIpc) is 2.80. The number of piperidine rings is 1. The van der Waals surface area contributed by atoms with Gasteiger partial charge in [-0.2, -0.15) is 0 Å². The first-order valence-corrected chi connectivity index (χ1v) is 8.40. The quantitative estimate of drug-likeness (QED) is 0.589. The minimum Gasteiger partial charge on any atom is -0.377 e. The van der Waals surface area contributed by atoms with Crippen LogP contribution in [0.2, 0.25) is 0 Å². The van der Waals surface area contributed by atoms with Gasteiger partial charge in [0.05, 0.1) is 12.1 Å². The molecule has 2 N–H and O–H groups in total. The van der Waals surface area contributed by atoms with Crippen LogP contribution in [0, 0.1) is 17.3 Å². The number of likely N-dealkylation sites (tertiary alicyclic amines) is 1. The van der Waals surface area contributed by atoms with E-state index in [0.29, 0.717) is 23.5 Å². The summed E-state index contributed by atoms with van der Waals surface area (Å²) >= 11 is 0.